The van der Waals surface area contributed by atoms with Crippen LogP contribution in [0, 0.1) is 0 Å². The van der Waals surface area contributed by atoms with Gasteiger partial charge in [-0.25, -0.2) is 8.42 Å². The monoisotopic (exact) mass is 385 g/mol. The highest BCUT2D eigenvalue weighted by Gasteiger charge is 2.38. The lowest BCUT2D eigenvalue weighted by molar-refractivity contribution is 0.0476. The smallest absolute Gasteiger partial charge is 0.151 e. The average Bonchev–Trinajstić information content (AvgIpc) is 3.32. The van der Waals surface area contributed by atoms with E-state index in [1.807, 2.05) is 12.1 Å². The summed E-state index contributed by atoms with van der Waals surface area (Å²) in [6.07, 6.45) is 3.02. The van der Waals surface area contributed by atoms with Crippen LogP contribution in [-0.2, 0) is 14.6 Å². The van der Waals surface area contributed by atoms with Crippen LogP contribution < -0.4 is 0 Å². The van der Waals surface area contributed by atoms with E-state index in [2.05, 4.69) is 53.4 Å². The maximum atomic E-state index is 12.2. The zero-order chi connectivity index (χ0) is 18.7. The van der Waals surface area contributed by atoms with Crippen molar-refractivity contribution < 1.29 is 13.2 Å². The summed E-state index contributed by atoms with van der Waals surface area (Å²) >= 11 is 0. The third-order valence-corrected chi connectivity index (χ3v) is 7.43. The summed E-state index contributed by atoms with van der Waals surface area (Å²) < 4.78 is 30.4. The Morgan fingerprint density at radius 1 is 0.963 bits per heavy atom. The minimum absolute atomic E-state index is 0.0320. The summed E-state index contributed by atoms with van der Waals surface area (Å²) in [5.74, 6) is 0.534. The first-order chi connectivity index (χ1) is 13.1. The van der Waals surface area contributed by atoms with Crippen LogP contribution in [0.4, 0.5) is 0 Å². The lowest BCUT2D eigenvalue weighted by Crippen LogP contribution is -2.44. The van der Waals surface area contributed by atoms with Crippen LogP contribution in [0.2, 0.25) is 0 Å². The van der Waals surface area contributed by atoms with Crippen LogP contribution in [0.15, 0.2) is 60.7 Å². The molecule has 2 atom stereocenters. The molecule has 144 valence electrons. The Kier molecular flexibility index (Phi) is 5.62. The molecular formula is C22H27NO3S. The predicted octanol–water partition coefficient (Wildman–Crippen LogP) is 3.44. The van der Waals surface area contributed by atoms with Crippen LogP contribution in [0.1, 0.15) is 36.4 Å². The molecule has 4 rings (SSSR count). The summed E-state index contributed by atoms with van der Waals surface area (Å²) in [4.78, 5) is 2.39. The third-order valence-electron chi connectivity index (χ3n) is 5.68. The molecule has 2 aliphatic heterocycles. The summed E-state index contributed by atoms with van der Waals surface area (Å²) in [6.45, 7) is 1.58. The van der Waals surface area contributed by atoms with Crippen molar-refractivity contribution in [2.45, 2.75) is 37.5 Å². The summed E-state index contributed by atoms with van der Waals surface area (Å²) in [6, 6.07) is 20.9. The predicted molar refractivity (Wildman–Crippen MR) is 107 cm³/mol. The number of hydrogen-bond donors (Lipinski definition) is 0. The SMILES string of the molecule is O=S1(=O)CC[C@H](N(C[C@@H]2CCCO2)C(c2ccccc2)c2ccccc2)C1. The third kappa shape index (κ3) is 4.42. The summed E-state index contributed by atoms with van der Waals surface area (Å²) in [5, 5.41) is 0. The lowest BCUT2D eigenvalue weighted by atomic mass is 9.94. The van der Waals surface area contributed by atoms with E-state index in [9.17, 15) is 8.42 Å². The standard InChI is InChI=1S/C22H27NO3S/c24-27(25)15-13-20(17-27)23(16-21-12-7-14-26-21)22(18-8-3-1-4-9-18)19-10-5-2-6-11-19/h1-6,8-11,20-22H,7,12-17H2/t20-,21-/m0/s1. The van der Waals surface area contributed by atoms with Crippen LogP contribution in [0.3, 0.4) is 0 Å². The van der Waals surface area contributed by atoms with E-state index in [0.717, 1.165) is 26.0 Å². The normalized spacial score (nSPS) is 24.7. The number of benzene rings is 2. The van der Waals surface area contributed by atoms with Crippen LogP contribution in [0.5, 0.6) is 0 Å². The zero-order valence-corrected chi connectivity index (χ0v) is 16.4. The molecular weight excluding hydrogens is 358 g/mol. The number of hydrogen-bond acceptors (Lipinski definition) is 4. The lowest BCUT2D eigenvalue weighted by Gasteiger charge is -2.38. The van der Waals surface area contributed by atoms with Gasteiger partial charge in [-0.3, -0.25) is 4.90 Å². The highest BCUT2D eigenvalue weighted by Crippen LogP contribution is 2.34. The summed E-state index contributed by atoms with van der Waals surface area (Å²) in [7, 11) is -2.95. The van der Waals surface area contributed by atoms with Gasteiger partial charge in [0.15, 0.2) is 9.84 Å². The molecule has 0 bridgehead atoms. The fourth-order valence-electron chi connectivity index (χ4n) is 4.37. The molecule has 0 spiro atoms. The van der Waals surface area contributed by atoms with E-state index >= 15 is 0 Å². The molecule has 4 nitrogen and oxygen atoms in total. The van der Waals surface area contributed by atoms with Crippen molar-refractivity contribution in [3.63, 3.8) is 0 Å². The molecule has 2 aromatic carbocycles. The Hall–Kier alpha value is -1.69. The fraction of sp³-hybridized carbons (Fsp3) is 0.455. The second-order valence-electron chi connectivity index (χ2n) is 7.61. The molecule has 2 saturated heterocycles. The van der Waals surface area contributed by atoms with Gasteiger partial charge in [0, 0.05) is 19.2 Å². The number of ether oxygens (including phenoxy) is 1. The molecule has 2 fully saturated rings. The van der Waals surface area contributed by atoms with Crippen molar-refractivity contribution in [1.82, 2.24) is 4.90 Å². The molecule has 2 aliphatic rings. The Balaban J connectivity index is 1.73. The quantitative estimate of drug-likeness (QED) is 0.764. The van der Waals surface area contributed by atoms with Crippen LogP contribution >= 0.6 is 0 Å². The second-order valence-corrected chi connectivity index (χ2v) is 9.84. The van der Waals surface area contributed by atoms with Gasteiger partial charge in [-0.1, -0.05) is 60.7 Å². The van der Waals surface area contributed by atoms with Crippen molar-refractivity contribution in [3.8, 4) is 0 Å². The van der Waals surface area contributed by atoms with Crippen LogP contribution in [0.25, 0.3) is 0 Å². The molecule has 0 amide bonds. The maximum absolute atomic E-state index is 12.2. The van der Waals surface area contributed by atoms with Gasteiger partial charge in [-0.2, -0.15) is 0 Å². The van der Waals surface area contributed by atoms with Crippen LogP contribution in [-0.4, -0.2) is 50.1 Å². The minimum atomic E-state index is -2.95. The van der Waals surface area contributed by atoms with Crippen molar-refractivity contribution in [2.24, 2.45) is 0 Å². The fourth-order valence-corrected chi connectivity index (χ4v) is 6.11. The van der Waals surface area contributed by atoms with Gasteiger partial charge in [0.1, 0.15) is 0 Å². The first kappa shape index (κ1) is 18.7. The van der Waals surface area contributed by atoms with Gasteiger partial charge in [0.25, 0.3) is 0 Å². The van der Waals surface area contributed by atoms with Crippen molar-refractivity contribution in [3.05, 3.63) is 71.8 Å². The van der Waals surface area contributed by atoms with Gasteiger partial charge in [-0.05, 0) is 30.4 Å². The summed E-state index contributed by atoms with van der Waals surface area (Å²) in [5.41, 5.74) is 2.40. The van der Waals surface area contributed by atoms with Gasteiger partial charge >= 0.3 is 0 Å². The van der Waals surface area contributed by atoms with E-state index in [-0.39, 0.29) is 29.7 Å². The van der Waals surface area contributed by atoms with Crippen molar-refractivity contribution in [1.29, 1.82) is 0 Å². The highest BCUT2D eigenvalue weighted by atomic mass is 32.2. The molecule has 0 aliphatic carbocycles. The first-order valence-corrected chi connectivity index (χ1v) is 11.6. The molecule has 5 heteroatoms. The molecule has 2 heterocycles. The van der Waals surface area contributed by atoms with Gasteiger partial charge in [0.05, 0.1) is 23.7 Å². The second kappa shape index (κ2) is 8.13. The van der Waals surface area contributed by atoms with E-state index in [1.54, 1.807) is 0 Å². The maximum Gasteiger partial charge on any atom is 0.151 e. The van der Waals surface area contributed by atoms with E-state index in [0.29, 0.717) is 6.42 Å². The highest BCUT2D eigenvalue weighted by molar-refractivity contribution is 7.91. The number of rotatable bonds is 6. The largest absolute Gasteiger partial charge is 0.377 e. The molecule has 0 aromatic heterocycles. The first-order valence-electron chi connectivity index (χ1n) is 9.80. The Bertz CT molecular complexity index is 793. The minimum Gasteiger partial charge on any atom is -0.377 e. The Morgan fingerprint density at radius 3 is 2.07 bits per heavy atom. The van der Waals surface area contributed by atoms with Crippen molar-refractivity contribution in [2.75, 3.05) is 24.7 Å². The van der Waals surface area contributed by atoms with Crippen molar-refractivity contribution >= 4 is 9.84 Å². The van der Waals surface area contributed by atoms with Gasteiger partial charge in [-0.15, -0.1) is 0 Å². The van der Waals surface area contributed by atoms with Gasteiger partial charge in [0.2, 0.25) is 0 Å². The molecule has 0 unspecified atom stereocenters. The van der Waals surface area contributed by atoms with E-state index in [1.165, 1.54) is 11.1 Å². The molecule has 2 aromatic rings. The molecule has 0 saturated carbocycles. The number of nitrogens with zero attached hydrogens (tertiary/aromatic N) is 1. The molecule has 0 N–H and O–H groups in total. The zero-order valence-electron chi connectivity index (χ0n) is 15.5. The Morgan fingerprint density at radius 2 is 1.59 bits per heavy atom. The van der Waals surface area contributed by atoms with Gasteiger partial charge < -0.3 is 4.74 Å². The number of sulfone groups is 1. The topological polar surface area (TPSA) is 46.6 Å². The average molecular weight is 386 g/mol. The molecule has 0 radical (unpaired) electrons. The molecule has 27 heavy (non-hydrogen) atoms. The Labute approximate surface area is 162 Å². The van der Waals surface area contributed by atoms with E-state index in [4.69, 9.17) is 4.74 Å². The van der Waals surface area contributed by atoms with E-state index < -0.39 is 9.84 Å².